The number of rotatable bonds is 3. The number of ether oxygens (including phenoxy) is 1. The molecule has 1 heterocycles. The SMILES string of the molecule is CSCc1cc(NC(=O)OC(C)(C)C)cc(C(F)(F)F)n1. The average molecular weight is 322 g/mol. The van der Waals surface area contributed by atoms with E-state index >= 15 is 0 Å². The summed E-state index contributed by atoms with van der Waals surface area (Å²) in [5.41, 5.74) is -1.52. The minimum absolute atomic E-state index is 0.00984. The number of aromatic nitrogens is 1. The Balaban J connectivity index is 3.00. The van der Waals surface area contributed by atoms with Gasteiger partial charge in [-0.05, 0) is 39.2 Å². The lowest BCUT2D eigenvalue weighted by atomic mass is 10.2. The summed E-state index contributed by atoms with van der Waals surface area (Å²) in [5.74, 6) is 0.312. The Bertz CT molecular complexity index is 513. The number of hydrogen-bond donors (Lipinski definition) is 1. The molecule has 1 aromatic rings. The molecule has 0 saturated carbocycles. The monoisotopic (exact) mass is 322 g/mol. The molecule has 1 rings (SSSR count). The Morgan fingerprint density at radius 1 is 1.33 bits per heavy atom. The summed E-state index contributed by atoms with van der Waals surface area (Å²) >= 11 is 1.34. The van der Waals surface area contributed by atoms with E-state index in [2.05, 4.69) is 10.3 Å². The number of alkyl halides is 3. The van der Waals surface area contributed by atoms with E-state index in [1.54, 1.807) is 27.0 Å². The molecule has 21 heavy (non-hydrogen) atoms. The van der Waals surface area contributed by atoms with E-state index in [1.165, 1.54) is 17.8 Å². The number of halogens is 3. The van der Waals surface area contributed by atoms with Crippen molar-refractivity contribution in [1.82, 2.24) is 4.98 Å². The van der Waals surface area contributed by atoms with Crippen molar-refractivity contribution >= 4 is 23.5 Å². The lowest BCUT2D eigenvalue weighted by Crippen LogP contribution is -2.27. The fourth-order valence-corrected chi connectivity index (χ4v) is 1.89. The van der Waals surface area contributed by atoms with E-state index in [0.717, 1.165) is 6.07 Å². The second-order valence-corrected chi connectivity index (χ2v) is 6.16. The van der Waals surface area contributed by atoms with Gasteiger partial charge in [-0.2, -0.15) is 24.9 Å². The predicted molar refractivity (Wildman–Crippen MR) is 76.3 cm³/mol. The van der Waals surface area contributed by atoms with Crippen LogP contribution in [0, 0.1) is 0 Å². The zero-order valence-corrected chi connectivity index (χ0v) is 13.0. The molecule has 1 aromatic heterocycles. The Hall–Kier alpha value is -1.44. The molecule has 4 nitrogen and oxygen atoms in total. The van der Waals surface area contributed by atoms with Gasteiger partial charge in [0.2, 0.25) is 0 Å². The van der Waals surface area contributed by atoms with Gasteiger partial charge < -0.3 is 4.74 Å². The summed E-state index contributed by atoms with van der Waals surface area (Å²) in [4.78, 5) is 15.2. The normalized spacial score (nSPS) is 12.1. The summed E-state index contributed by atoms with van der Waals surface area (Å²) in [7, 11) is 0. The van der Waals surface area contributed by atoms with Crippen LogP contribution >= 0.6 is 11.8 Å². The van der Waals surface area contributed by atoms with Crippen LogP contribution in [0.3, 0.4) is 0 Å². The molecule has 0 unspecified atom stereocenters. The van der Waals surface area contributed by atoms with Gasteiger partial charge in [0.25, 0.3) is 0 Å². The van der Waals surface area contributed by atoms with Crippen molar-refractivity contribution in [3.8, 4) is 0 Å². The number of thioether (sulfide) groups is 1. The second-order valence-electron chi connectivity index (χ2n) is 5.29. The maximum Gasteiger partial charge on any atom is 0.433 e. The third-order valence-corrected chi connectivity index (χ3v) is 2.69. The molecule has 0 radical (unpaired) electrons. The molecule has 0 aliphatic rings. The molecule has 1 N–H and O–H groups in total. The summed E-state index contributed by atoms with van der Waals surface area (Å²) in [6.45, 7) is 5.00. The molecule has 0 aromatic carbocycles. The summed E-state index contributed by atoms with van der Waals surface area (Å²) in [6.07, 6.45) is -3.63. The number of pyridine rings is 1. The molecule has 0 aliphatic carbocycles. The first-order chi connectivity index (χ1) is 9.51. The number of nitrogens with zero attached hydrogens (tertiary/aromatic N) is 1. The molecule has 0 saturated heterocycles. The first kappa shape index (κ1) is 17.6. The van der Waals surface area contributed by atoms with Crippen molar-refractivity contribution in [2.45, 2.75) is 38.3 Å². The van der Waals surface area contributed by atoms with E-state index in [4.69, 9.17) is 4.74 Å². The van der Waals surface area contributed by atoms with Crippen LogP contribution in [0.1, 0.15) is 32.2 Å². The maximum atomic E-state index is 12.8. The van der Waals surface area contributed by atoms with E-state index in [-0.39, 0.29) is 11.4 Å². The first-order valence-corrected chi connectivity index (χ1v) is 7.48. The molecule has 0 atom stereocenters. The Morgan fingerprint density at radius 2 is 1.95 bits per heavy atom. The Morgan fingerprint density at radius 3 is 2.43 bits per heavy atom. The Labute approximate surface area is 125 Å². The molecular weight excluding hydrogens is 305 g/mol. The van der Waals surface area contributed by atoms with Gasteiger partial charge in [0.15, 0.2) is 0 Å². The smallest absolute Gasteiger partial charge is 0.433 e. The highest BCUT2D eigenvalue weighted by Gasteiger charge is 2.33. The van der Waals surface area contributed by atoms with Gasteiger partial charge in [-0.15, -0.1) is 0 Å². The van der Waals surface area contributed by atoms with Crippen LogP contribution in [0.15, 0.2) is 12.1 Å². The van der Waals surface area contributed by atoms with Gasteiger partial charge in [-0.3, -0.25) is 5.32 Å². The first-order valence-electron chi connectivity index (χ1n) is 6.08. The van der Waals surface area contributed by atoms with Gasteiger partial charge in [-0.25, -0.2) is 9.78 Å². The van der Waals surface area contributed by atoms with Gasteiger partial charge in [0.1, 0.15) is 11.3 Å². The van der Waals surface area contributed by atoms with Crippen molar-refractivity contribution in [3.05, 3.63) is 23.5 Å². The van der Waals surface area contributed by atoms with Gasteiger partial charge >= 0.3 is 12.3 Å². The number of hydrogen-bond acceptors (Lipinski definition) is 4. The highest BCUT2D eigenvalue weighted by atomic mass is 32.2. The summed E-state index contributed by atoms with van der Waals surface area (Å²) < 4.78 is 43.4. The molecule has 8 heteroatoms. The molecular formula is C13H17F3N2O2S. The fraction of sp³-hybridized carbons (Fsp3) is 0.538. The number of amides is 1. The minimum Gasteiger partial charge on any atom is -0.444 e. The number of nitrogens with one attached hydrogen (secondary N) is 1. The number of anilines is 1. The zero-order valence-electron chi connectivity index (χ0n) is 12.2. The summed E-state index contributed by atoms with van der Waals surface area (Å²) in [6, 6.07) is 2.18. The highest BCUT2D eigenvalue weighted by molar-refractivity contribution is 7.97. The van der Waals surface area contributed by atoms with Crippen LogP contribution in [-0.2, 0) is 16.7 Å². The topological polar surface area (TPSA) is 51.2 Å². The lowest BCUT2D eigenvalue weighted by Gasteiger charge is -2.20. The molecule has 118 valence electrons. The molecule has 0 spiro atoms. The summed E-state index contributed by atoms with van der Waals surface area (Å²) in [5, 5.41) is 2.30. The van der Waals surface area contributed by atoms with E-state index in [0.29, 0.717) is 5.75 Å². The van der Waals surface area contributed by atoms with Crippen LogP contribution in [-0.4, -0.2) is 22.9 Å². The number of carbonyl (C=O) groups is 1. The van der Waals surface area contributed by atoms with E-state index in [1.807, 2.05) is 0 Å². The second kappa shape index (κ2) is 6.55. The maximum absolute atomic E-state index is 12.8. The van der Waals surface area contributed by atoms with Crippen molar-refractivity contribution in [1.29, 1.82) is 0 Å². The predicted octanol–water partition coefficient (Wildman–Crippen LogP) is 4.31. The third-order valence-electron chi connectivity index (χ3n) is 2.11. The molecule has 0 fully saturated rings. The van der Waals surface area contributed by atoms with Crippen molar-refractivity contribution < 1.29 is 22.7 Å². The lowest BCUT2D eigenvalue weighted by molar-refractivity contribution is -0.141. The standard InChI is InChI=1S/C13H17F3N2O2S/c1-12(2,3)20-11(19)18-8-5-9(7-21-4)17-10(6-8)13(14,15)16/h5-6H,7H2,1-4H3,(H,17,18,19). The van der Waals surface area contributed by atoms with Crippen molar-refractivity contribution in [2.75, 3.05) is 11.6 Å². The molecule has 0 bridgehead atoms. The van der Waals surface area contributed by atoms with Crippen LogP contribution in [0.4, 0.5) is 23.7 Å². The zero-order chi connectivity index (χ0) is 16.3. The van der Waals surface area contributed by atoms with Crippen LogP contribution in [0.5, 0.6) is 0 Å². The Kier molecular flexibility index (Phi) is 5.49. The van der Waals surface area contributed by atoms with Gasteiger partial charge in [0, 0.05) is 11.4 Å². The quantitative estimate of drug-likeness (QED) is 0.901. The van der Waals surface area contributed by atoms with E-state index < -0.39 is 23.6 Å². The van der Waals surface area contributed by atoms with Crippen LogP contribution in [0.25, 0.3) is 0 Å². The minimum atomic E-state index is -4.57. The molecule has 0 aliphatic heterocycles. The van der Waals surface area contributed by atoms with Gasteiger partial charge in [0.05, 0.1) is 5.69 Å². The van der Waals surface area contributed by atoms with Crippen molar-refractivity contribution in [3.63, 3.8) is 0 Å². The van der Waals surface area contributed by atoms with Gasteiger partial charge in [-0.1, -0.05) is 0 Å². The fourth-order valence-electron chi connectivity index (χ4n) is 1.45. The van der Waals surface area contributed by atoms with E-state index in [9.17, 15) is 18.0 Å². The average Bonchev–Trinajstić information content (AvgIpc) is 2.24. The highest BCUT2D eigenvalue weighted by Crippen LogP contribution is 2.30. The third kappa shape index (κ3) is 6.24. The van der Waals surface area contributed by atoms with Crippen LogP contribution in [0.2, 0.25) is 0 Å². The largest absolute Gasteiger partial charge is 0.444 e. The molecule has 1 amide bonds. The van der Waals surface area contributed by atoms with Crippen molar-refractivity contribution in [2.24, 2.45) is 0 Å². The number of carbonyl (C=O) groups excluding carboxylic acids is 1. The van der Waals surface area contributed by atoms with Crippen LogP contribution < -0.4 is 5.32 Å².